The molecule has 4 rings (SSSR count). The summed E-state index contributed by atoms with van der Waals surface area (Å²) in [5.41, 5.74) is 1.52. The number of hydrogen-bond acceptors (Lipinski definition) is 6. The van der Waals surface area contributed by atoms with Crippen LogP contribution >= 0.6 is 11.6 Å². The number of urea groups is 1. The average Bonchev–Trinajstić information content (AvgIpc) is 3.36. The lowest BCUT2D eigenvalue weighted by atomic mass is 10.1. The summed E-state index contributed by atoms with van der Waals surface area (Å²) in [7, 11) is 1.35. The Balaban J connectivity index is 1.51. The topological polar surface area (TPSA) is 122 Å². The minimum Gasteiger partial charge on any atom is -0.445 e. The van der Waals surface area contributed by atoms with Gasteiger partial charge in [0.15, 0.2) is 0 Å². The van der Waals surface area contributed by atoms with E-state index >= 15 is 0 Å². The molecule has 2 heterocycles. The largest absolute Gasteiger partial charge is 0.445 e. The predicted octanol–water partition coefficient (Wildman–Crippen LogP) is 4.98. The molecule has 1 aliphatic heterocycles. The highest BCUT2D eigenvalue weighted by atomic mass is 35.5. The number of benzene rings is 2. The third kappa shape index (κ3) is 7.89. The van der Waals surface area contributed by atoms with Crippen LogP contribution in [0.3, 0.4) is 0 Å². The molecule has 1 aliphatic rings. The molecule has 0 spiro atoms. The van der Waals surface area contributed by atoms with E-state index in [2.05, 4.69) is 15.6 Å². The smallest absolute Gasteiger partial charge is 0.410 e. The third-order valence-electron chi connectivity index (χ3n) is 6.39. The van der Waals surface area contributed by atoms with Gasteiger partial charge in [-0.2, -0.15) is 13.2 Å². The SMILES string of the molecule is COC[C@H](c1ccnc(NC(=O)[C@@H](NC(=O)OCc2ccccc2)c2ccc(Cl)cc2)c1)N1C[C@@H](C(F)(F)F)NC1=O. The molecule has 4 amide bonds. The van der Waals surface area contributed by atoms with Crippen molar-refractivity contribution < 1.29 is 37.0 Å². The summed E-state index contributed by atoms with van der Waals surface area (Å²) in [6.07, 6.45) is -4.14. The van der Waals surface area contributed by atoms with Crippen molar-refractivity contribution in [3.63, 3.8) is 0 Å². The number of alkyl halides is 3. The molecule has 42 heavy (non-hydrogen) atoms. The van der Waals surface area contributed by atoms with E-state index in [4.69, 9.17) is 21.1 Å². The number of anilines is 1. The summed E-state index contributed by atoms with van der Waals surface area (Å²) < 4.78 is 50.2. The fourth-order valence-electron chi connectivity index (χ4n) is 4.29. The quantitative estimate of drug-likeness (QED) is 0.300. The second kappa shape index (κ2) is 13.5. The first-order valence-electron chi connectivity index (χ1n) is 12.7. The standard InChI is InChI=1S/C28H27ClF3N5O5/c1-41-16-21(37-14-22(28(30,31)32)34-26(37)39)19-11-12-33-23(13-19)35-25(38)24(18-7-9-20(29)10-8-18)36-27(40)42-15-17-5-3-2-4-6-17/h2-13,21-22,24H,14-16H2,1H3,(H,34,39)(H,36,40)(H,33,35,38)/t21-,22+,24+/m1/s1. The van der Waals surface area contributed by atoms with Gasteiger partial charge in [0.2, 0.25) is 0 Å². The summed E-state index contributed by atoms with van der Waals surface area (Å²) in [6.45, 7) is -0.753. The van der Waals surface area contributed by atoms with Gasteiger partial charge in [-0.15, -0.1) is 0 Å². The number of carbonyl (C=O) groups excluding carboxylic acids is 3. The number of rotatable bonds is 10. The molecule has 3 atom stereocenters. The van der Waals surface area contributed by atoms with Gasteiger partial charge in [-0.25, -0.2) is 14.6 Å². The lowest BCUT2D eigenvalue weighted by Crippen LogP contribution is -2.40. The summed E-state index contributed by atoms with van der Waals surface area (Å²) in [5.74, 6) is -0.651. The van der Waals surface area contributed by atoms with Gasteiger partial charge in [-0.05, 0) is 41.0 Å². The zero-order valence-corrected chi connectivity index (χ0v) is 23.0. The number of nitrogens with zero attached hydrogens (tertiary/aromatic N) is 2. The maximum absolute atomic E-state index is 13.4. The van der Waals surface area contributed by atoms with Crippen molar-refractivity contribution in [2.75, 3.05) is 25.6 Å². The maximum Gasteiger partial charge on any atom is 0.410 e. The van der Waals surface area contributed by atoms with Crippen LogP contribution in [-0.4, -0.2) is 60.4 Å². The van der Waals surface area contributed by atoms with Gasteiger partial charge in [-0.1, -0.05) is 54.1 Å². The third-order valence-corrected chi connectivity index (χ3v) is 6.65. The van der Waals surface area contributed by atoms with E-state index in [1.165, 1.54) is 25.4 Å². The normalized spacial score (nSPS) is 16.4. The van der Waals surface area contributed by atoms with Crippen molar-refractivity contribution >= 4 is 35.5 Å². The summed E-state index contributed by atoms with van der Waals surface area (Å²) >= 11 is 5.99. The molecule has 3 aromatic rings. The van der Waals surface area contributed by atoms with Crippen molar-refractivity contribution in [1.82, 2.24) is 20.5 Å². The highest BCUT2D eigenvalue weighted by Gasteiger charge is 2.48. The molecule has 1 aromatic heterocycles. The van der Waals surface area contributed by atoms with E-state index in [-0.39, 0.29) is 19.0 Å². The lowest BCUT2D eigenvalue weighted by molar-refractivity contribution is -0.150. The first kappa shape index (κ1) is 30.6. The molecule has 222 valence electrons. The van der Waals surface area contributed by atoms with E-state index in [0.717, 1.165) is 10.5 Å². The number of ether oxygens (including phenoxy) is 2. The molecule has 1 fully saturated rings. The van der Waals surface area contributed by atoms with E-state index in [1.54, 1.807) is 48.5 Å². The first-order chi connectivity index (χ1) is 20.0. The number of halogens is 4. The van der Waals surface area contributed by atoms with Crippen LogP contribution < -0.4 is 16.0 Å². The Morgan fingerprint density at radius 2 is 1.83 bits per heavy atom. The van der Waals surface area contributed by atoms with E-state index in [1.807, 2.05) is 11.4 Å². The van der Waals surface area contributed by atoms with Crippen molar-refractivity contribution in [3.05, 3.63) is 94.6 Å². The van der Waals surface area contributed by atoms with Gasteiger partial charge < -0.3 is 30.3 Å². The highest BCUT2D eigenvalue weighted by molar-refractivity contribution is 6.30. The van der Waals surface area contributed by atoms with E-state index < -0.39 is 48.9 Å². The maximum atomic E-state index is 13.4. The van der Waals surface area contributed by atoms with Gasteiger partial charge in [-0.3, -0.25) is 4.79 Å². The molecule has 2 aromatic carbocycles. The molecular weight excluding hydrogens is 579 g/mol. The summed E-state index contributed by atoms with van der Waals surface area (Å²) in [5, 5.41) is 7.51. The number of pyridine rings is 1. The van der Waals surface area contributed by atoms with Gasteiger partial charge in [0, 0.05) is 18.3 Å². The Hall–Kier alpha value is -4.36. The number of carbonyl (C=O) groups is 3. The minimum absolute atomic E-state index is 0.0224. The van der Waals surface area contributed by atoms with Gasteiger partial charge in [0.05, 0.1) is 19.2 Å². The highest BCUT2D eigenvalue weighted by Crippen LogP contribution is 2.31. The zero-order valence-electron chi connectivity index (χ0n) is 22.2. The molecule has 0 unspecified atom stereocenters. The average molecular weight is 606 g/mol. The van der Waals surface area contributed by atoms with Crippen molar-refractivity contribution in [1.29, 1.82) is 0 Å². The fourth-order valence-corrected chi connectivity index (χ4v) is 4.42. The number of alkyl carbamates (subject to hydrolysis) is 1. The molecule has 0 bridgehead atoms. The van der Waals surface area contributed by atoms with Crippen molar-refractivity contribution in [2.45, 2.75) is 30.9 Å². The Labute approximate surface area is 244 Å². The predicted molar refractivity (Wildman–Crippen MR) is 147 cm³/mol. The number of aromatic nitrogens is 1. The molecule has 0 aliphatic carbocycles. The first-order valence-corrected chi connectivity index (χ1v) is 13.0. The lowest BCUT2D eigenvalue weighted by Gasteiger charge is -2.27. The van der Waals surface area contributed by atoms with Crippen LogP contribution in [0.5, 0.6) is 0 Å². The van der Waals surface area contributed by atoms with Crippen LogP contribution in [0.2, 0.25) is 5.02 Å². The van der Waals surface area contributed by atoms with Crippen LogP contribution in [0.4, 0.5) is 28.6 Å². The van der Waals surface area contributed by atoms with Crippen LogP contribution in [0.15, 0.2) is 72.9 Å². The molecule has 0 radical (unpaired) electrons. The van der Waals surface area contributed by atoms with Crippen LogP contribution in [0, 0.1) is 0 Å². The van der Waals surface area contributed by atoms with Crippen molar-refractivity contribution in [2.24, 2.45) is 0 Å². The van der Waals surface area contributed by atoms with Crippen LogP contribution in [0.25, 0.3) is 0 Å². The summed E-state index contributed by atoms with van der Waals surface area (Å²) in [6, 6.07) is 13.1. The number of methoxy groups -OCH3 is 1. The second-order valence-electron chi connectivity index (χ2n) is 9.32. The molecule has 3 N–H and O–H groups in total. The monoisotopic (exact) mass is 605 g/mol. The molecule has 1 saturated heterocycles. The molecule has 10 nitrogen and oxygen atoms in total. The number of nitrogens with one attached hydrogen (secondary N) is 3. The van der Waals surface area contributed by atoms with Crippen molar-refractivity contribution in [3.8, 4) is 0 Å². The Morgan fingerprint density at radius 3 is 2.48 bits per heavy atom. The van der Waals surface area contributed by atoms with Gasteiger partial charge in [0.1, 0.15) is 24.5 Å². The van der Waals surface area contributed by atoms with Crippen LogP contribution in [0.1, 0.15) is 28.8 Å². The Bertz CT molecular complexity index is 1390. The van der Waals surface area contributed by atoms with E-state index in [0.29, 0.717) is 16.1 Å². The Kier molecular flexibility index (Phi) is 9.86. The minimum atomic E-state index is -4.62. The number of amides is 4. The molecular formula is C28H27ClF3N5O5. The second-order valence-corrected chi connectivity index (χ2v) is 9.76. The van der Waals surface area contributed by atoms with Gasteiger partial charge >= 0.3 is 18.3 Å². The zero-order chi connectivity index (χ0) is 30.3. The Morgan fingerprint density at radius 1 is 1.12 bits per heavy atom. The molecule has 0 saturated carbocycles. The molecule has 14 heteroatoms. The van der Waals surface area contributed by atoms with E-state index in [9.17, 15) is 27.6 Å². The van der Waals surface area contributed by atoms with Crippen LogP contribution in [-0.2, 0) is 20.9 Å². The number of hydrogen-bond donors (Lipinski definition) is 3. The summed E-state index contributed by atoms with van der Waals surface area (Å²) in [4.78, 5) is 43.6. The van der Waals surface area contributed by atoms with Gasteiger partial charge in [0.25, 0.3) is 5.91 Å². The fraction of sp³-hybridized carbons (Fsp3) is 0.286.